The predicted molar refractivity (Wildman–Crippen MR) is 125 cm³/mol. The summed E-state index contributed by atoms with van der Waals surface area (Å²) in [7, 11) is 0. The van der Waals surface area contributed by atoms with Crippen molar-refractivity contribution in [2.45, 2.75) is 26.4 Å². The third kappa shape index (κ3) is 4.36. The summed E-state index contributed by atoms with van der Waals surface area (Å²) in [6.45, 7) is 3.86. The van der Waals surface area contributed by atoms with Gasteiger partial charge in [0.15, 0.2) is 5.69 Å². The van der Waals surface area contributed by atoms with Crippen LogP contribution in [0.3, 0.4) is 0 Å². The number of aromatic amines is 1. The fraction of sp³-hybridized carbons (Fsp3) is 0.292. The van der Waals surface area contributed by atoms with Crippen molar-refractivity contribution in [1.29, 1.82) is 0 Å². The van der Waals surface area contributed by atoms with Gasteiger partial charge in [0, 0.05) is 19.6 Å². The van der Waals surface area contributed by atoms with Gasteiger partial charge in [0.2, 0.25) is 5.91 Å². The van der Waals surface area contributed by atoms with Crippen molar-refractivity contribution in [2.24, 2.45) is 0 Å². The molecule has 32 heavy (non-hydrogen) atoms. The van der Waals surface area contributed by atoms with E-state index in [2.05, 4.69) is 22.0 Å². The maximum absolute atomic E-state index is 13.2. The number of carbonyl (C=O) groups is 1. The highest BCUT2D eigenvalue weighted by atomic mass is 16.2. The van der Waals surface area contributed by atoms with E-state index in [9.17, 15) is 14.4 Å². The smallest absolute Gasteiger partial charge is 0.330 e. The molecule has 3 aromatic rings. The fourth-order valence-corrected chi connectivity index (χ4v) is 4.19. The average molecular weight is 434 g/mol. The Morgan fingerprint density at radius 3 is 2.47 bits per heavy atom. The zero-order valence-electron chi connectivity index (χ0n) is 18.1. The van der Waals surface area contributed by atoms with E-state index in [1.54, 1.807) is 6.92 Å². The van der Waals surface area contributed by atoms with E-state index in [0.717, 1.165) is 18.5 Å². The number of rotatable bonds is 6. The molecule has 0 atom stereocenters. The number of nitrogens with one attached hydrogen (secondary N) is 1. The molecule has 0 spiro atoms. The van der Waals surface area contributed by atoms with E-state index in [-0.39, 0.29) is 37.0 Å². The highest BCUT2D eigenvalue weighted by Gasteiger charge is 2.26. The van der Waals surface area contributed by atoms with Gasteiger partial charge in [0.1, 0.15) is 5.82 Å². The molecule has 1 aromatic heterocycles. The lowest BCUT2D eigenvalue weighted by Crippen LogP contribution is -2.46. The molecular formula is C24H27N5O3. The Morgan fingerprint density at radius 2 is 1.75 bits per heavy atom. The molecule has 3 N–H and O–H groups in total. The third-order valence-corrected chi connectivity index (χ3v) is 5.85. The second kappa shape index (κ2) is 9.23. The molecule has 0 unspecified atom stereocenters. The zero-order valence-corrected chi connectivity index (χ0v) is 18.1. The molecule has 0 saturated carbocycles. The number of H-pyrrole nitrogens is 1. The number of carbonyl (C=O) groups excluding carboxylic acids is 1. The van der Waals surface area contributed by atoms with Gasteiger partial charge in [0.05, 0.1) is 13.1 Å². The Balaban J connectivity index is 1.59. The normalized spacial score (nSPS) is 13.5. The highest BCUT2D eigenvalue weighted by molar-refractivity contribution is 5.96. The number of anilines is 2. The molecule has 0 fully saturated rings. The molecule has 2 aromatic carbocycles. The van der Waals surface area contributed by atoms with E-state index < -0.39 is 11.2 Å². The zero-order chi connectivity index (χ0) is 22.7. The van der Waals surface area contributed by atoms with E-state index >= 15 is 0 Å². The Kier molecular flexibility index (Phi) is 6.23. The van der Waals surface area contributed by atoms with Crippen LogP contribution >= 0.6 is 0 Å². The fourth-order valence-electron chi connectivity index (χ4n) is 4.19. The van der Waals surface area contributed by atoms with Gasteiger partial charge < -0.3 is 10.6 Å². The van der Waals surface area contributed by atoms with Crippen LogP contribution in [-0.4, -0.2) is 40.0 Å². The molecule has 0 aliphatic carbocycles. The van der Waals surface area contributed by atoms with Crippen molar-refractivity contribution < 1.29 is 4.79 Å². The van der Waals surface area contributed by atoms with Crippen molar-refractivity contribution in [3.8, 4) is 0 Å². The van der Waals surface area contributed by atoms with Gasteiger partial charge in [-0.1, -0.05) is 54.6 Å². The summed E-state index contributed by atoms with van der Waals surface area (Å²) in [5, 5.41) is 0. The van der Waals surface area contributed by atoms with Crippen LogP contribution in [0.25, 0.3) is 0 Å². The molecule has 0 saturated heterocycles. The summed E-state index contributed by atoms with van der Waals surface area (Å²) in [6.07, 6.45) is 0.875. The van der Waals surface area contributed by atoms with Crippen LogP contribution in [0.5, 0.6) is 0 Å². The topological polar surface area (TPSA) is 104 Å². The van der Waals surface area contributed by atoms with Crippen LogP contribution in [0.1, 0.15) is 23.6 Å². The summed E-state index contributed by atoms with van der Waals surface area (Å²) < 4.78 is 1.29. The molecule has 0 radical (unpaired) electrons. The molecule has 0 bridgehead atoms. The van der Waals surface area contributed by atoms with Gasteiger partial charge in [-0.3, -0.25) is 24.0 Å². The van der Waals surface area contributed by atoms with Crippen LogP contribution < -0.4 is 21.9 Å². The van der Waals surface area contributed by atoms with E-state index in [1.165, 1.54) is 20.6 Å². The number of hydrogen-bond donors (Lipinski definition) is 2. The quantitative estimate of drug-likeness (QED) is 0.614. The minimum atomic E-state index is -0.656. The van der Waals surface area contributed by atoms with Gasteiger partial charge in [0.25, 0.3) is 5.56 Å². The van der Waals surface area contributed by atoms with E-state index in [1.807, 2.05) is 42.5 Å². The molecule has 4 rings (SSSR count). The number of likely N-dealkylation sites (N-methyl/N-ethyl adjacent to an activating group) is 1. The van der Waals surface area contributed by atoms with Crippen LogP contribution in [-0.2, 0) is 24.3 Å². The standard InChI is InChI=1S/C24H27N5O3/c1-2-28(20(30)16-27-13-12-18-10-6-7-11-19(18)15-27)21-22(25)29(24(32)26-23(21)31)14-17-8-4-3-5-9-17/h3-11H,2,12-16,25H2,1H3,(H,26,31,32). The third-order valence-electron chi connectivity index (χ3n) is 5.85. The van der Waals surface area contributed by atoms with Crippen molar-refractivity contribution in [3.05, 3.63) is 92.1 Å². The first-order chi connectivity index (χ1) is 15.5. The minimum absolute atomic E-state index is 0.0122. The predicted octanol–water partition coefficient (Wildman–Crippen LogP) is 1.58. The molecule has 1 amide bonds. The largest absolute Gasteiger partial charge is 0.383 e. The van der Waals surface area contributed by atoms with E-state index in [0.29, 0.717) is 6.54 Å². The first-order valence-electron chi connectivity index (χ1n) is 10.7. The first kappa shape index (κ1) is 21.6. The monoisotopic (exact) mass is 433 g/mol. The molecule has 1 aliphatic heterocycles. The summed E-state index contributed by atoms with van der Waals surface area (Å²) >= 11 is 0. The van der Waals surface area contributed by atoms with Gasteiger partial charge in [-0.15, -0.1) is 0 Å². The number of nitrogens with two attached hydrogens (primary N) is 1. The van der Waals surface area contributed by atoms with Gasteiger partial charge in [-0.05, 0) is 30.0 Å². The Hall–Kier alpha value is -3.65. The van der Waals surface area contributed by atoms with Crippen molar-refractivity contribution in [1.82, 2.24) is 14.5 Å². The summed E-state index contributed by atoms with van der Waals surface area (Å²) in [5.41, 5.74) is 8.42. The summed E-state index contributed by atoms with van der Waals surface area (Å²) in [4.78, 5) is 44.1. The maximum atomic E-state index is 13.2. The number of nitrogen functional groups attached to an aromatic ring is 1. The lowest BCUT2D eigenvalue weighted by atomic mass is 10.00. The molecule has 8 heteroatoms. The molecular weight excluding hydrogens is 406 g/mol. The number of benzene rings is 2. The molecule has 8 nitrogen and oxygen atoms in total. The Morgan fingerprint density at radius 1 is 1.06 bits per heavy atom. The lowest BCUT2D eigenvalue weighted by molar-refractivity contribution is -0.119. The number of hydrogen-bond acceptors (Lipinski definition) is 5. The van der Waals surface area contributed by atoms with Gasteiger partial charge in [-0.25, -0.2) is 4.79 Å². The lowest BCUT2D eigenvalue weighted by Gasteiger charge is -2.30. The number of fused-ring (bicyclic) bond motifs is 1. The highest BCUT2D eigenvalue weighted by Crippen LogP contribution is 2.21. The summed E-state index contributed by atoms with van der Waals surface area (Å²) in [6, 6.07) is 17.6. The second-order valence-electron chi connectivity index (χ2n) is 7.93. The SMILES string of the molecule is CCN(C(=O)CN1CCc2ccccc2C1)c1c(N)n(Cc2ccccc2)c(=O)[nH]c1=O. The number of aromatic nitrogens is 2. The van der Waals surface area contributed by atoms with Crippen molar-refractivity contribution in [3.63, 3.8) is 0 Å². The van der Waals surface area contributed by atoms with Crippen LogP contribution in [0.15, 0.2) is 64.2 Å². The van der Waals surface area contributed by atoms with Gasteiger partial charge in [-0.2, -0.15) is 0 Å². The first-order valence-corrected chi connectivity index (χ1v) is 10.7. The Labute approximate surface area is 185 Å². The van der Waals surface area contributed by atoms with Crippen LogP contribution in [0, 0.1) is 0 Å². The molecule has 1 aliphatic rings. The number of nitrogens with zero attached hydrogens (tertiary/aromatic N) is 3. The second-order valence-corrected chi connectivity index (χ2v) is 7.93. The van der Waals surface area contributed by atoms with Gasteiger partial charge >= 0.3 is 5.69 Å². The number of amides is 1. The van der Waals surface area contributed by atoms with Crippen LogP contribution in [0.2, 0.25) is 0 Å². The van der Waals surface area contributed by atoms with Crippen LogP contribution in [0.4, 0.5) is 11.5 Å². The minimum Gasteiger partial charge on any atom is -0.383 e. The molecule has 2 heterocycles. The molecule has 166 valence electrons. The summed E-state index contributed by atoms with van der Waals surface area (Å²) in [5.74, 6) is -0.240. The maximum Gasteiger partial charge on any atom is 0.330 e. The van der Waals surface area contributed by atoms with Crippen molar-refractivity contribution in [2.75, 3.05) is 30.3 Å². The van der Waals surface area contributed by atoms with Crippen molar-refractivity contribution >= 4 is 17.4 Å². The van der Waals surface area contributed by atoms with E-state index in [4.69, 9.17) is 5.73 Å². The average Bonchev–Trinajstić information content (AvgIpc) is 2.80. The Bertz CT molecular complexity index is 1230.